The number of benzene rings is 1. The summed E-state index contributed by atoms with van der Waals surface area (Å²) in [5.74, 6) is 7.02. The van der Waals surface area contributed by atoms with Crippen molar-refractivity contribution in [2.45, 2.75) is 43.9 Å². The highest BCUT2D eigenvalue weighted by Crippen LogP contribution is 2.18. The lowest BCUT2D eigenvalue weighted by Gasteiger charge is -2.24. The molecule has 0 aliphatic carbocycles. The molecule has 27 heavy (non-hydrogen) atoms. The van der Waals surface area contributed by atoms with Crippen molar-refractivity contribution in [2.24, 2.45) is 0 Å². The Morgan fingerprint density at radius 2 is 1.78 bits per heavy atom. The van der Waals surface area contributed by atoms with E-state index in [1.165, 1.54) is 60.0 Å². The molecule has 1 aromatic heterocycles. The molecule has 1 aliphatic rings. The van der Waals surface area contributed by atoms with E-state index in [1.807, 2.05) is 4.90 Å². The van der Waals surface area contributed by atoms with E-state index in [1.54, 1.807) is 0 Å². The summed E-state index contributed by atoms with van der Waals surface area (Å²) in [6.45, 7) is 1.76. The third-order valence-corrected chi connectivity index (χ3v) is 5.38. The third-order valence-electron chi connectivity index (χ3n) is 4.45. The van der Waals surface area contributed by atoms with Crippen LogP contribution < -0.4 is 10.6 Å². The van der Waals surface area contributed by atoms with E-state index in [0.717, 1.165) is 25.9 Å². The SMILES string of the molecule is Nn1c(COc2ccc(F)cc2)nnc1SCC(=O)N1CCCCCCC1. The van der Waals surface area contributed by atoms with Gasteiger partial charge in [-0.2, -0.15) is 0 Å². The number of ether oxygens (including phenoxy) is 1. The summed E-state index contributed by atoms with van der Waals surface area (Å²) in [6, 6.07) is 5.70. The maximum Gasteiger partial charge on any atom is 0.233 e. The molecule has 1 fully saturated rings. The molecule has 1 aliphatic heterocycles. The molecule has 2 heterocycles. The molecule has 9 heteroatoms. The number of rotatable bonds is 6. The van der Waals surface area contributed by atoms with Crippen LogP contribution in [-0.2, 0) is 11.4 Å². The van der Waals surface area contributed by atoms with Gasteiger partial charge >= 0.3 is 0 Å². The number of nitrogens with zero attached hydrogens (tertiary/aromatic N) is 4. The molecule has 0 radical (unpaired) electrons. The normalized spacial score (nSPS) is 15.2. The molecule has 3 rings (SSSR count). The van der Waals surface area contributed by atoms with Crippen molar-refractivity contribution < 1.29 is 13.9 Å². The van der Waals surface area contributed by atoms with Crippen LogP contribution in [0.2, 0.25) is 0 Å². The molecular formula is C18H24FN5O2S. The second-order valence-electron chi connectivity index (χ2n) is 6.45. The molecule has 146 valence electrons. The summed E-state index contributed by atoms with van der Waals surface area (Å²) < 4.78 is 19.8. The number of aromatic nitrogens is 3. The van der Waals surface area contributed by atoms with Gasteiger partial charge in [-0.25, -0.2) is 9.07 Å². The molecule has 0 saturated carbocycles. The lowest BCUT2D eigenvalue weighted by molar-refractivity contribution is -0.128. The highest BCUT2D eigenvalue weighted by molar-refractivity contribution is 7.99. The van der Waals surface area contributed by atoms with Gasteiger partial charge in [0, 0.05) is 13.1 Å². The van der Waals surface area contributed by atoms with Crippen LogP contribution in [-0.4, -0.2) is 44.5 Å². The van der Waals surface area contributed by atoms with E-state index in [2.05, 4.69) is 10.2 Å². The van der Waals surface area contributed by atoms with Crippen molar-refractivity contribution in [1.82, 2.24) is 19.8 Å². The van der Waals surface area contributed by atoms with Crippen LogP contribution in [0.3, 0.4) is 0 Å². The first kappa shape index (κ1) is 19.5. The van der Waals surface area contributed by atoms with Gasteiger partial charge in [0.1, 0.15) is 18.2 Å². The number of thioether (sulfide) groups is 1. The number of halogens is 1. The third kappa shape index (κ3) is 5.59. The maximum absolute atomic E-state index is 12.9. The summed E-state index contributed by atoms with van der Waals surface area (Å²) in [5.41, 5.74) is 0. The number of nitrogen functional groups attached to an aromatic ring is 1. The van der Waals surface area contributed by atoms with Gasteiger partial charge in [0.15, 0.2) is 5.82 Å². The van der Waals surface area contributed by atoms with Crippen LogP contribution in [0.15, 0.2) is 29.4 Å². The van der Waals surface area contributed by atoms with Crippen molar-refractivity contribution in [1.29, 1.82) is 0 Å². The Hall–Kier alpha value is -2.29. The number of carbonyl (C=O) groups is 1. The van der Waals surface area contributed by atoms with Gasteiger partial charge in [-0.1, -0.05) is 31.0 Å². The lowest BCUT2D eigenvalue weighted by atomic mass is 10.1. The van der Waals surface area contributed by atoms with Crippen LogP contribution in [0, 0.1) is 5.82 Å². The minimum atomic E-state index is -0.326. The fraction of sp³-hybridized carbons (Fsp3) is 0.500. The van der Waals surface area contributed by atoms with Crippen LogP contribution in [0.4, 0.5) is 4.39 Å². The van der Waals surface area contributed by atoms with Crippen molar-refractivity contribution in [3.8, 4) is 5.75 Å². The van der Waals surface area contributed by atoms with E-state index in [9.17, 15) is 9.18 Å². The first-order chi connectivity index (χ1) is 13.1. The van der Waals surface area contributed by atoms with Crippen molar-refractivity contribution in [3.05, 3.63) is 35.9 Å². The number of carbonyl (C=O) groups excluding carboxylic acids is 1. The van der Waals surface area contributed by atoms with Gasteiger partial charge in [0.05, 0.1) is 5.75 Å². The Morgan fingerprint density at radius 1 is 1.11 bits per heavy atom. The monoisotopic (exact) mass is 393 g/mol. The van der Waals surface area contributed by atoms with Gasteiger partial charge in [0.2, 0.25) is 11.1 Å². The maximum atomic E-state index is 12.9. The molecular weight excluding hydrogens is 369 g/mol. The first-order valence-electron chi connectivity index (χ1n) is 9.12. The molecule has 1 saturated heterocycles. The van der Waals surface area contributed by atoms with Crippen LogP contribution in [0.5, 0.6) is 5.75 Å². The molecule has 0 spiro atoms. The molecule has 7 nitrogen and oxygen atoms in total. The minimum absolute atomic E-state index is 0.106. The summed E-state index contributed by atoms with van der Waals surface area (Å²) in [4.78, 5) is 14.4. The van der Waals surface area contributed by atoms with Gasteiger partial charge in [-0.3, -0.25) is 4.79 Å². The van der Waals surface area contributed by atoms with Crippen molar-refractivity contribution in [2.75, 3.05) is 24.7 Å². The topological polar surface area (TPSA) is 86.3 Å². The molecule has 0 atom stereocenters. The Morgan fingerprint density at radius 3 is 2.48 bits per heavy atom. The Kier molecular flexibility index (Phi) is 6.92. The zero-order valence-corrected chi connectivity index (χ0v) is 16.0. The Labute approximate surface area is 162 Å². The largest absolute Gasteiger partial charge is 0.486 e. The molecule has 0 unspecified atom stereocenters. The summed E-state index contributed by atoms with van der Waals surface area (Å²) in [6.07, 6.45) is 5.76. The van der Waals surface area contributed by atoms with Crippen LogP contribution in [0.1, 0.15) is 37.9 Å². The average Bonchev–Trinajstić information content (AvgIpc) is 2.99. The highest BCUT2D eigenvalue weighted by atomic mass is 32.2. The number of amides is 1. The first-order valence-corrected chi connectivity index (χ1v) is 10.1. The molecule has 0 bridgehead atoms. The molecule has 1 aromatic carbocycles. The zero-order chi connectivity index (χ0) is 19.1. The van der Waals surface area contributed by atoms with Gasteiger partial charge < -0.3 is 15.5 Å². The van der Waals surface area contributed by atoms with Gasteiger partial charge in [-0.05, 0) is 37.1 Å². The van der Waals surface area contributed by atoms with E-state index in [-0.39, 0.29) is 24.1 Å². The second kappa shape index (κ2) is 9.59. The summed E-state index contributed by atoms with van der Waals surface area (Å²) in [5, 5.41) is 8.51. The van der Waals surface area contributed by atoms with Crippen molar-refractivity contribution in [3.63, 3.8) is 0 Å². The number of hydrogen-bond acceptors (Lipinski definition) is 6. The van der Waals surface area contributed by atoms with Crippen LogP contribution >= 0.6 is 11.8 Å². The predicted octanol–water partition coefficient (Wildman–Crippen LogP) is 2.59. The van der Waals surface area contributed by atoms with Gasteiger partial charge in [0.25, 0.3) is 0 Å². The Bertz CT molecular complexity index is 745. The van der Waals surface area contributed by atoms with Crippen LogP contribution in [0.25, 0.3) is 0 Å². The molecule has 1 amide bonds. The quantitative estimate of drug-likeness (QED) is 0.600. The van der Waals surface area contributed by atoms with Crippen molar-refractivity contribution >= 4 is 17.7 Å². The predicted molar refractivity (Wildman–Crippen MR) is 101 cm³/mol. The number of hydrogen-bond donors (Lipinski definition) is 1. The highest BCUT2D eigenvalue weighted by Gasteiger charge is 2.17. The second-order valence-corrected chi connectivity index (χ2v) is 7.39. The summed E-state index contributed by atoms with van der Waals surface area (Å²) in [7, 11) is 0. The standard InChI is InChI=1S/C18H24FN5O2S/c19-14-6-8-15(9-7-14)26-12-16-21-22-18(24(16)20)27-13-17(25)23-10-4-2-1-3-5-11-23/h6-9H,1-5,10-13,20H2. The Balaban J connectivity index is 1.50. The number of likely N-dealkylation sites (tertiary alicyclic amines) is 1. The van der Waals surface area contributed by atoms with E-state index in [4.69, 9.17) is 10.6 Å². The molecule has 2 N–H and O–H groups in total. The lowest BCUT2D eigenvalue weighted by Crippen LogP contribution is -2.35. The minimum Gasteiger partial charge on any atom is -0.486 e. The zero-order valence-electron chi connectivity index (χ0n) is 15.1. The van der Waals surface area contributed by atoms with E-state index >= 15 is 0 Å². The van der Waals surface area contributed by atoms with E-state index < -0.39 is 0 Å². The van der Waals surface area contributed by atoms with E-state index in [0.29, 0.717) is 16.7 Å². The van der Waals surface area contributed by atoms with Gasteiger partial charge in [-0.15, -0.1) is 10.2 Å². The fourth-order valence-electron chi connectivity index (χ4n) is 2.90. The number of nitrogens with two attached hydrogens (primary N) is 1. The summed E-state index contributed by atoms with van der Waals surface area (Å²) >= 11 is 1.27. The fourth-order valence-corrected chi connectivity index (χ4v) is 3.68. The smallest absolute Gasteiger partial charge is 0.233 e. The average molecular weight is 393 g/mol. The molecule has 2 aromatic rings.